The van der Waals surface area contributed by atoms with E-state index < -0.39 is 0 Å². The van der Waals surface area contributed by atoms with Crippen molar-refractivity contribution in [3.8, 4) is 11.5 Å². The lowest BCUT2D eigenvalue weighted by Crippen LogP contribution is -2.39. The summed E-state index contributed by atoms with van der Waals surface area (Å²) >= 11 is 5.89. The summed E-state index contributed by atoms with van der Waals surface area (Å²) in [5.41, 5.74) is 4.05. The van der Waals surface area contributed by atoms with E-state index in [4.69, 9.17) is 21.1 Å². The Labute approximate surface area is 204 Å². The van der Waals surface area contributed by atoms with Gasteiger partial charge in [0.2, 0.25) is 0 Å². The summed E-state index contributed by atoms with van der Waals surface area (Å²) in [6.07, 6.45) is 1.55. The van der Waals surface area contributed by atoms with Crippen molar-refractivity contribution in [2.45, 2.75) is 26.7 Å². The summed E-state index contributed by atoms with van der Waals surface area (Å²) in [6, 6.07) is 18.2. The van der Waals surface area contributed by atoms with Crippen LogP contribution in [0.25, 0.3) is 0 Å². The molecule has 1 N–H and O–H groups in total. The molecule has 1 heterocycles. The number of benzene rings is 3. The Morgan fingerprint density at radius 3 is 2.59 bits per heavy atom. The Morgan fingerprint density at radius 2 is 1.82 bits per heavy atom. The molecule has 0 saturated heterocycles. The van der Waals surface area contributed by atoms with Crippen LogP contribution in [-0.4, -0.2) is 31.6 Å². The number of hydrogen-bond donors (Lipinski definition) is 1. The standard InChI is InChI=1S/C27H27ClN2O4/c1-18-5-6-20(15-19(18)2)27(32)29-22-9-12-25-24(16-22)30(26(31)17-34-25)13-3-4-14-33-23-10-7-21(28)8-11-23/h5-12,15-16H,3-4,13-14,17H2,1-2H3,(H,29,32). The summed E-state index contributed by atoms with van der Waals surface area (Å²) in [4.78, 5) is 27.0. The van der Waals surface area contributed by atoms with Crippen LogP contribution in [0.1, 0.15) is 34.3 Å². The smallest absolute Gasteiger partial charge is 0.265 e. The van der Waals surface area contributed by atoms with Crippen LogP contribution in [0.4, 0.5) is 11.4 Å². The molecule has 0 radical (unpaired) electrons. The first kappa shape index (κ1) is 23.6. The van der Waals surface area contributed by atoms with Crippen molar-refractivity contribution in [1.29, 1.82) is 0 Å². The number of ether oxygens (including phenoxy) is 2. The number of aryl methyl sites for hydroxylation is 2. The monoisotopic (exact) mass is 478 g/mol. The number of fused-ring (bicyclic) bond motifs is 1. The Bertz CT molecular complexity index is 1190. The third kappa shape index (κ3) is 5.69. The highest BCUT2D eigenvalue weighted by Gasteiger charge is 2.25. The maximum atomic E-state index is 12.7. The van der Waals surface area contributed by atoms with Gasteiger partial charge in [-0.25, -0.2) is 0 Å². The van der Waals surface area contributed by atoms with Crippen LogP contribution in [0.3, 0.4) is 0 Å². The first-order chi connectivity index (χ1) is 16.4. The molecule has 3 aromatic rings. The summed E-state index contributed by atoms with van der Waals surface area (Å²) in [5.74, 6) is 1.09. The van der Waals surface area contributed by atoms with E-state index in [1.807, 2.05) is 38.1 Å². The predicted octanol–water partition coefficient (Wildman–Crippen LogP) is 5.79. The molecule has 3 aromatic carbocycles. The summed E-state index contributed by atoms with van der Waals surface area (Å²) < 4.78 is 11.3. The predicted molar refractivity (Wildman–Crippen MR) is 134 cm³/mol. The lowest BCUT2D eigenvalue weighted by atomic mass is 10.1. The third-order valence-electron chi connectivity index (χ3n) is 5.79. The van der Waals surface area contributed by atoms with Gasteiger partial charge in [0.15, 0.2) is 6.61 Å². The lowest BCUT2D eigenvalue weighted by Gasteiger charge is -2.30. The van der Waals surface area contributed by atoms with Crippen molar-refractivity contribution >= 4 is 34.8 Å². The topological polar surface area (TPSA) is 67.9 Å². The molecule has 0 saturated carbocycles. The van der Waals surface area contributed by atoms with Gasteiger partial charge in [-0.2, -0.15) is 0 Å². The van der Waals surface area contributed by atoms with Crippen molar-refractivity contribution in [2.24, 2.45) is 0 Å². The number of carbonyl (C=O) groups is 2. The largest absolute Gasteiger partial charge is 0.494 e. The van der Waals surface area contributed by atoms with E-state index in [-0.39, 0.29) is 18.4 Å². The first-order valence-electron chi connectivity index (χ1n) is 11.2. The molecule has 4 rings (SSSR count). The maximum absolute atomic E-state index is 12.7. The Kier molecular flexibility index (Phi) is 7.38. The van der Waals surface area contributed by atoms with Gasteiger partial charge in [-0.1, -0.05) is 17.7 Å². The van der Waals surface area contributed by atoms with Crippen molar-refractivity contribution in [2.75, 3.05) is 30.0 Å². The van der Waals surface area contributed by atoms with E-state index in [9.17, 15) is 9.59 Å². The highest BCUT2D eigenvalue weighted by molar-refractivity contribution is 6.30. The van der Waals surface area contributed by atoms with Crippen molar-refractivity contribution in [3.63, 3.8) is 0 Å². The molecule has 0 aliphatic carbocycles. The second kappa shape index (κ2) is 10.6. The van der Waals surface area contributed by atoms with E-state index in [2.05, 4.69) is 5.32 Å². The molecular formula is C27H27ClN2O4. The normalized spacial score (nSPS) is 12.7. The number of unbranched alkanes of at least 4 members (excludes halogenated alkanes) is 1. The van der Waals surface area contributed by atoms with Crippen LogP contribution in [0.15, 0.2) is 60.7 Å². The molecule has 0 bridgehead atoms. The molecule has 0 atom stereocenters. The minimum atomic E-state index is -0.197. The zero-order chi connectivity index (χ0) is 24.1. The van der Waals surface area contributed by atoms with E-state index in [0.717, 1.165) is 29.7 Å². The summed E-state index contributed by atoms with van der Waals surface area (Å²) in [6.45, 7) is 5.07. The molecule has 2 amide bonds. The first-order valence-corrected chi connectivity index (χ1v) is 11.6. The van der Waals surface area contributed by atoms with Gasteiger partial charge in [-0.05, 0) is 92.4 Å². The zero-order valence-electron chi connectivity index (χ0n) is 19.3. The van der Waals surface area contributed by atoms with Gasteiger partial charge >= 0.3 is 0 Å². The Morgan fingerprint density at radius 1 is 1.03 bits per heavy atom. The van der Waals surface area contributed by atoms with Crippen molar-refractivity contribution in [3.05, 3.63) is 82.4 Å². The molecule has 1 aliphatic heterocycles. The maximum Gasteiger partial charge on any atom is 0.265 e. The average Bonchev–Trinajstić information content (AvgIpc) is 2.83. The number of anilines is 2. The van der Waals surface area contributed by atoms with E-state index in [0.29, 0.717) is 40.9 Å². The zero-order valence-corrected chi connectivity index (χ0v) is 20.0. The molecule has 0 fully saturated rings. The van der Waals surface area contributed by atoms with Crippen molar-refractivity contribution < 1.29 is 19.1 Å². The number of rotatable bonds is 8. The molecule has 0 unspecified atom stereocenters. The second-order valence-electron chi connectivity index (χ2n) is 8.28. The highest BCUT2D eigenvalue weighted by Crippen LogP contribution is 2.35. The molecule has 7 heteroatoms. The highest BCUT2D eigenvalue weighted by atomic mass is 35.5. The van der Waals surface area contributed by atoms with Crippen LogP contribution >= 0.6 is 11.6 Å². The molecule has 1 aliphatic rings. The molecular weight excluding hydrogens is 452 g/mol. The summed E-state index contributed by atoms with van der Waals surface area (Å²) in [7, 11) is 0. The van der Waals surface area contributed by atoms with Crippen LogP contribution in [-0.2, 0) is 4.79 Å². The fourth-order valence-corrected chi connectivity index (χ4v) is 3.83. The Balaban J connectivity index is 1.38. The minimum Gasteiger partial charge on any atom is -0.494 e. The number of nitrogens with zero attached hydrogens (tertiary/aromatic N) is 1. The quantitative estimate of drug-likeness (QED) is 0.416. The van der Waals surface area contributed by atoms with Crippen LogP contribution in [0.2, 0.25) is 5.02 Å². The SMILES string of the molecule is Cc1ccc(C(=O)Nc2ccc3c(c2)N(CCCCOc2ccc(Cl)cc2)C(=O)CO3)cc1C. The molecule has 6 nitrogen and oxygen atoms in total. The van der Waals surface area contributed by atoms with E-state index in [1.165, 1.54) is 0 Å². The molecule has 0 aromatic heterocycles. The van der Waals surface area contributed by atoms with Gasteiger partial charge in [0.05, 0.1) is 12.3 Å². The van der Waals surface area contributed by atoms with Gasteiger partial charge in [0, 0.05) is 22.8 Å². The molecule has 0 spiro atoms. The lowest BCUT2D eigenvalue weighted by molar-refractivity contribution is -0.121. The van der Waals surface area contributed by atoms with Gasteiger partial charge in [-0.3, -0.25) is 9.59 Å². The number of hydrogen-bond acceptors (Lipinski definition) is 4. The molecule has 176 valence electrons. The average molecular weight is 479 g/mol. The fourth-order valence-electron chi connectivity index (χ4n) is 3.70. The minimum absolute atomic E-state index is 0.00260. The fraction of sp³-hybridized carbons (Fsp3) is 0.259. The number of halogens is 1. The van der Waals surface area contributed by atoms with Gasteiger partial charge in [0.25, 0.3) is 11.8 Å². The number of carbonyl (C=O) groups excluding carboxylic acids is 2. The van der Waals surface area contributed by atoms with Crippen LogP contribution in [0.5, 0.6) is 11.5 Å². The second-order valence-corrected chi connectivity index (χ2v) is 8.72. The van der Waals surface area contributed by atoms with Gasteiger partial charge < -0.3 is 19.7 Å². The van der Waals surface area contributed by atoms with Gasteiger partial charge in [0.1, 0.15) is 11.5 Å². The van der Waals surface area contributed by atoms with E-state index in [1.54, 1.807) is 41.3 Å². The van der Waals surface area contributed by atoms with Gasteiger partial charge in [-0.15, -0.1) is 0 Å². The number of amides is 2. The van der Waals surface area contributed by atoms with Crippen molar-refractivity contribution in [1.82, 2.24) is 0 Å². The molecule has 34 heavy (non-hydrogen) atoms. The summed E-state index contributed by atoms with van der Waals surface area (Å²) in [5, 5.41) is 3.59. The van der Waals surface area contributed by atoms with E-state index >= 15 is 0 Å². The number of nitrogens with one attached hydrogen (secondary N) is 1. The Hall–Kier alpha value is -3.51. The third-order valence-corrected chi connectivity index (χ3v) is 6.04. The van der Waals surface area contributed by atoms with Crippen LogP contribution < -0.4 is 19.7 Å². The van der Waals surface area contributed by atoms with Crippen LogP contribution in [0, 0.1) is 13.8 Å².